The molecule has 6 heteroatoms. The summed E-state index contributed by atoms with van der Waals surface area (Å²) in [5, 5.41) is 4.28. The monoisotopic (exact) mass is 398 g/mol. The average molecular weight is 399 g/mol. The number of anilines is 1. The lowest BCUT2D eigenvalue weighted by atomic mass is 9.96. The van der Waals surface area contributed by atoms with Crippen LogP contribution in [-0.4, -0.2) is 31.7 Å². The van der Waals surface area contributed by atoms with Gasteiger partial charge in [0.2, 0.25) is 15.9 Å². The number of piperidine rings is 1. The van der Waals surface area contributed by atoms with Crippen molar-refractivity contribution in [1.29, 1.82) is 0 Å². The van der Waals surface area contributed by atoms with Crippen molar-refractivity contribution in [2.24, 2.45) is 5.92 Å². The molecule has 2 aromatic carbocycles. The second kappa shape index (κ2) is 8.71. The first kappa shape index (κ1) is 20.3. The van der Waals surface area contributed by atoms with E-state index in [4.69, 9.17) is 0 Å². The minimum Gasteiger partial charge on any atom is -0.325 e. The van der Waals surface area contributed by atoms with Crippen LogP contribution in [0.15, 0.2) is 53.9 Å². The van der Waals surface area contributed by atoms with Crippen LogP contribution in [0, 0.1) is 19.8 Å². The normalized spacial score (nSPS) is 16.4. The summed E-state index contributed by atoms with van der Waals surface area (Å²) in [5.41, 5.74) is 3.75. The van der Waals surface area contributed by atoms with Crippen molar-refractivity contribution in [2.75, 3.05) is 18.4 Å². The zero-order valence-electron chi connectivity index (χ0n) is 16.3. The Labute approximate surface area is 167 Å². The van der Waals surface area contributed by atoms with Gasteiger partial charge in [-0.2, -0.15) is 4.31 Å². The molecule has 0 saturated carbocycles. The van der Waals surface area contributed by atoms with Crippen LogP contribution in [0.2, 0.25) is 0 Å². The van der Waals surface area contributed by atoms with Crippen LogP contribution in [0.3, 0.4) is 0 Å². The highest BCUT2D eigenvalue weighted by molar-refractivity contribution is 7.92. The van der Waals surface area contributed by atoms with Crippen LogP contribution < -0.4 is 5.32 Å². The Morgan fingerprint density at radius 3 is 2.21 bits per heavy atom. The van der Waals surface area contributed by atoms with Crippen molar-refractivity contribution >= 4 is 27.7 Å². The van der Waals surface area contributed by atoms with Gasteiger partial charge in [-0.1, -0.05) is 48.5 Å². The maximum Gasteiger partial charge on any atom is 0.236 e. The summed E-state index contributed by atoms with van der Waals surface area (Å²) < 4.78 is 26.6. The summed E-state index contributed by atoms with van der Waals surface area (Å²) >= 11 is 0. The molecule has 1 aliphatic heterocycles. The Hall–Kier alpha value is -2.44. The molecule has 0 atom stereocenters. The largest absolute Gasteiger partial charge is 0.325 e. The van der Waals surface area contributed by atoms with E-state index in [-0.39, 0.29) is 11.8 Å². The molecule has 148 valence electrons. The van der Waals surface area contributed by atoms with Gasteiger partial charge in [-0.15, -0.1) is 0 Å². The number of nitrogens with one attached hydrogen (secondary N) is 1. The number of para-hydroxylation sites is 1. The number of amides is 1. The predicted octanol–water partition coefficient (Wildman–Crippen LogP) is 3.95. The molecule has 1 saturated heterocycles. The van der Waals surface area contributed by atoms with Crippen LogP contribution >= 0.6 is 0 Å². The first-order chi connectivity index (χ1) is 13.4. The average Bonchev–Trinajstić information content (AvgIpc) is 2.70. The van der Waals surface area contributed by atoms with Gasteiger partial charge in [0.15, 0.2) is 0 Å². The molecular formula is C22H26N2O3S. The summed E-state index contributed by atoms with van der Waals surface area (Å²) in [6, 6.07) is 15.2. The van der Waals surface area contributed by atoms with E-state index in [0.29, 0.717) is 25.9 Å². The van der Waals surface area contributed by atoms with Gasteiger partial charge in [0, 0.05) is 30.1 Å². The number of carbonyl (C=O) groups excluding carboxylic acids is 1. The summed E-state index contributed by atoms with van der Waals surface area (Å²) in [6.07, 6.45) is 2.65. The topological polar surface area (TPSA) is 66.5 Å². The van der Waals surface area contributed by atoms with Crippen molar-refractivity contribution in [3.63, 3.8) is 0 Å². The fourth-order valence-electron chi connectivity index (χ4n) is 3.42. The zero-order valence-corrected chi connectivity index (χ0v) is 17.1. The smallest absolute Gasteiger partial charge is 0.236 e. The molecule has 1 aliphatic rings. The van der Waals surface area contributed by atoms with Crippen LogP contribution in [-0.2, 0) is 14.8 Å². The van der Waals surface area contributed by atoms with E-state index in [9.17, 15) is 13.2 Å². The fraction of sp³-hybridized carbons (Fsp3) is 0.318. The number of benzene rings is 2. The first-order valence-corrected chi connectivity index (χ1v) is 11.0. The molecular weight excluding hydrogens is 372 g/mol. The molecule has 1 fully saturated rings. The number of nitrogens with zero attached hydrogens (tertiary/aromatic N) is 1. The Balaban J connectivity index is 1.59. The minimum absolute atomic E-state index is 0.0331. The third-order valence-electron chi connectivity index (χ3n) is 5.15. The lowest BCUT2D eigenvalue weighted by Gasteiger charge is -2.29. The predicted molar refractivity (Wildman–Crippen MR) is 113 cm³/mol. The van der Waals surface area contributed by atoms with Gasteiger partial charge < -0.3 is 5.32 Å². The molecule has 0 unspecified atom stereocenters. The Morgan fingerprint density at radius 2 is 1.61 bits per heavy atom. The fourth-order valence-corrected chi connectivity index (χ4v) is 4.65. The second-order valence-electron chi connectivity index (χ2n) is 7.19. The standard InChI is InChI=1S/C22H26N2O3S/c1-17-7-6-8-18(2)21(17)23-22(25)20-11-14-24(15-12-20)28(26,27)16-13-19-9-4-3-5-10-19/h3-10,13,16,20H,11-12,14-15H2,1-2H3,(H,23,25)/b16-13+. The molecule has 0 spiro atoms. The van der Waals surface area contributed by atoms with Crippen LogP contribution in [0.5, 0.6) is 0 Å². The van der Waals surface area contributed by atoms with Gasteiger partial charge in [-0.25, -0.2) is 8.42 Å². The van der Waals surface area contributed by atoms with Crippen LogP contribution in [0.25, 0.3) is 6.08 Å². The van der Waals surface area contributed by atoms with Gasteiger partial charge in [0.25, 0.3) is 0 Å². The van der Waals surface area contributed by atoms with Crippen molar-refractivity contribution < 1.29 is 13.2 Å². The number of rotatable bonds is 5. The number of hydrogen-bond donors (Lipinski definition) is 1. The second-order valence-corrected chi connectivity index (χ2v) is 9.01. The van der Waals surface area contributed by atoms with Gasteiger partial charge >= 0.3 is 0 Å². The quantitative estimate of drug-likeness (QED) is 0.829. The Bertz CT molecular complexity index is 940. The molecule has 3 rings (SSSR count). The van der Waals surface area contributed by atoms with E-state index < -0.39 is 10.0 Å². The first-order valence-electron chi connectivity index (χ1n) is 9.47. The van der Waals surface area contributed by atoms with Gasteiger partial charge in [-0.3, -0.25) is 4.79 Å². The molecule has 0 radical (unpaired) electrons. The highest BCUT2D eigenvalue weighted by Gasteiger charge is 2.30. The third kappa shape index (κ3) is 4.88. The Kier molecular flexibility index (Phi) is 6.31. The van der Waals surface area contributed by atoms with Gasteiger partial charge in [0.05, 0.1) is 0 Å². The molecule has 0 bridgehead atoms. The van der Waals surface area contributed by atoms with Crippen molar-refractivity contribution in [2.45, 2.75) is 26.7 Å². The third-order valence-corrected chi connectivity index (χ3v) is 6.71. The van der Waals surface area contributed by atoms with Crippen molar-refractivity contribution in [3.8, 4) is 0 Å². The summed E-state index contributed by atoms with van der Waals surface area (Å²) in [4.78, 5) is 12.6. The summed E-state index contributed by atoms with van der Waals surface area (Å²) in [6.45, 7) is 4.65. The molecule has 0 aliphatic carbocycles. The Morgan fingerprint density at radius 1 is 1.00 bits per heavy atom. The van der Waals surface area contributed by atoms with E-state index in [1.807, 2.05) is 62.4 Å². The van der Waals surface area contributed by atoms with E-state index in [0.717, 1.165) is 22.4 Å². The molecule has 1 heterocycles. The minimum atomic E-state index is -3.48. The highest BCUT2D eigenvalue weighted by atomic mass is 32.2. The molecule has 0 aromatic heterocycles. The van der Waals surface area contributed by atoms with E-state index in [1.54, 1.807) is 6.08 Å². The maximum absolute atomic E-state index is 12.6. The maximum atomic E-state index is 12.6. The summed E-state index contributed by atoms with van der Waals surface area (Å²) in [5.74, 6) is -0.210. The number of aryl methyl sites for hydroxylation is 2. The number of carbonyl (C=O) groups is 1. The van der Waals surface area contributed by atoms with Gasteiger partial charge in [0.1, 0.15) is 0 Å². The summed E-state index contributed by atoms with van der Waals surface area (Å²) in [7, 11) is -3.48. The van der Waals surface area contributed by atoms with Crippen LogP contribution in [0.1, 0.15) is 29.5 Å². The van der Waals surface area contributed by atoms with Gasteiger partial charge in [-0.05, 0) is 49.5 Å². The lowest BCUT2D eigenvalue weighted by molar-refractivity contribution is -0.120. The van der Waals surface area contributed by atoms with E-state index in [1.165, 1.54) is 9.71 Å². The molecule has 1 N–H and O–H groups in total. The van der Waals surface area contributed by atoms with E-state index in [2.05, 4.69) is 5.32 Å². The number of hydrogen-bond acceptors (Lipinski definition) is 3. The zero-order chi connectivity index (χ0) is 20.1. The van der Waals surface area contributed by atoms with Crippen molar-refractivity contribution in [1.82, 2.24) is 4.31 Å². The number of sulfonamides is 1. The van der Waals surface area contributed by atoms with Crippen molar-refractivity contribution in [3.05, 3.63) is 70.6 Å². The molecule has 28 heavy (non-hydrogen) atoms. The molecule has 2 aromatic rings. The van der Waals surface area contributed by atoms with Crippen LogP contribution in [0.4, 0.5) is 5.69 Å². The van der Waals surface area contributed by atoms with E-state index >= 15 is 0 Å². The highest BCUT2D eigenvalue weighted by Crippen LogP contribution is 2.25. The molecule has 1 amide bonds. The lowest BCUT2D eigenvalue weighted by Crippen LogP contribution is -2.40. The molecule has 5 nitrogen and oxygen atoms in total. The SMILES string of the molecule is Cc1cccc(C)c1NC(=O)C1CCN(S(=O)(=O)/C=C/c2ccccc2)CC1.